The summed E-state index contributed by atoms with van der Waals surface area (Å²) in [4.78, 5) is 11.6. The number of morpholine rings is 1. The molecule has 1 unspecified atom stereocenters. The van der Waals surface area contributed by atoms with Crippen molar-refractivity contribution in [1.82, 2.24) is 24.6 Å². The van der Waals surface area contributed by atoms with Gasteiger partial charge in [0.25, 0.3) is 0 Å². The van der Waals surface area contributed by atoms with Crippen LogP contribution in [0.4, 0.5) is 0 Å². The average molecular weight is 347 g/mol. The molecule has 7 nitrogen and oxygen atoms in total. The molecule has 1 atom stereocenters. The van der Waals surface area contributed by atoms with E-state index in [1.54, 1.807) is 0 Å². The summed E-state index contributed by atoms with van der Waals surface area (Å²) in [5.41, 5.74) is -0.0873. The maximum atomic E-state index is 5.49. The van der Waals surface area contributed by atoms with Crippen molar-refractivity contribution >= 4 is 0 Å². The Balaban J connectivity index is 1.80. The Kier molecular flexibility index (Phi) is 5.24. The van der Waals surface area contributed by atoms with Gasteiger partial charge in [0.05, 0.1) is 13.2 Å². The molecule has 0 radical (unpaired) electrons. The van der Waals surface area contributed by atoms with Crippen LogP contribution in [0.5, 0.6) is 0 Å². The molecule has 3 heterocycles. The SMILES string of the molecule is CC(C)c1noc(C(C)n2ccnc2C(C)(C)CN2CCOCC2)n1. The Bertz CT molecular complexity index is 685. The predicted octanol–water partition coefficient (Wildman–Crippen LogP) is 2.61. The van der Waals surface area contributed by atoms with Crippen LogP contribution in [0.15, 0.2) is 16.9 Å². The Labute approximate surface area is 149 Å². The molecule has 3 rings (SSSR count). The minimum Gasteiger partial charge on any atom is -0.379 e. The van der Waals surface area contributed by atoms with Gasteiger partial charge in [-0.1, -0.05) is 32.9 Å². The molecule has 2 aromatic rings. The Morgan fingerprint density at radius 2 is 1.92 bits per heavy atom. The van der Waals surface area contributed by atoms with Crippen molar-refractivity contribution in [3.8, 4) is 0 Å². The molecule has 7 heteroatoms. The van der Waals surface area contributed by atoms with Crippen LogP contribution in [0.25, 0.3) is 0 Å². The van der Waals surface area contributed by atoms with Crippen molar-refractivity contribution in [2.45, 2.75) is 52.0 Å². The minimum absolute atomic E-state index is 0.0403. The second kappa shape index (κ2) is 7.25. The Morgan fingerprint density at radius 1 is 1.20 bits per heavy atom. The lowest BCUT2D eigenvalue weighted by atomic mass is 9.91. The number of hydrogen-bond acceptors (Lipinski definition) is 6. The smallest absolute Gasteiger partial charge is 0.249 e. The van der Waals surface area contributed by atoms with Crippen molar-refractivity contribution in [3.63, 3.8) is 0 Å². The van der Waals surface area contributed by atoms with E-state index >= 15 is 0 Å². The van der Waals surface area contributed by atoms with Crippen molar-refractivity contribution in [2.24, 2.45) is 0 Å². The minimum atomic E-state index is -0.0873. The van der Waals surface area contributed by atoms with Crippen LogP contribution in [0.2, 0.25) is 0 Å². The first-order chi connectivity index (χ1) is 11.9. The second-order valence-corrected chi connectivity index (χ2v) is 7.75. The van der Waals surface area contributed by atoms with Crippen LogP contribution in [0.1, 0.15) is 64.1 Å². The Hall–Kier alpha value is -1.73. The predicted molar refractivity (Wildman–Crippen MR) is 94.7 cm³/mol. The topological polar surface area (TPSA) is 69.2 Å². The van der Waals surface area contributed by atoms with Gasteiger partial charge in [0.2, 0.25) is 5.89 Å². The molecule has 0 amide bonds. The van der Waals surface area contributed by atoms with Gasteiger partial charge in [-0.2, -0.15) is 4.98 Å². The number of rotatable bonds is 6. The fraction of sp³-hybridized carbons (Fsp3) is 0.722. The lowest BCUT2D eigenvalue weighted by molar-refractivity contribution is 0.0285. The fourth-order valence-electron chi connectivity index (χ4n) is 3.31. The summed E-state index contributed by atoms with van der Waals surface area (Å²) in [5, 5.41) is 4.09. The average Bonchev–Trinajstić information content (AvgIpc) is 3.25. The van der Waals surface area contributed by atoms with Crippen LogP contribution in [-0.2, 0) is 10.2 Å². The number of nitrogens with zero attached hydrogens (tertiary/aromatic N) is 5. The highest BCUT2D eigenvalue weighted by molar-refractivity contribution is 5.12. The molecule has 1 fully saturated rings. The van der Waals surface area contributed by atoms with Gasteiger partial charge in [0.15, 0.2) is 5.82 Å². The molecule has 0 N–H and O–H groups in total. The van der Waals surface area contributed by atoms with Gasteiger partial charge in [-0.15, -0.1) is 0 Å². The molecular weight excluding hydrogens is 318 g/mol. The lowest BCUT2D eigenvalue weighted by Gasteiger charge is -2.35. The largest absolute Gasteiger partial charge is 0.379 e. The van der Waals surface area contributed by atoms with E-state index in [0.717, 1.165) is 44.5 Å². The summed E-state index contributed by atoms with van der Waals surface area (Å²) in [7, 11) is 0. The first-order valence-corrected chi connectivity index (χ1v) is 9.05. The molecule has 1 aliphatic heterocycles. The monoisotopic (exact) mass is 347 g/mol. The van der Waals surface area contributed by atoms with Gasteiger partial charge in [0, 0.05) is 43.4 Å². The van der Waals surface area contributed by atoms with E-state index in [0.29, 0.717) is 5.89 Å². The van der Waals surface area contributed by atoms with Crippen LogP contribution in [-0.4, -0.2) is 57.4 Å². The molecule has 0 spiro atoms. The zero-order valence-corrected chi connectivity index (χ0v) is 15.9. The summed E-state index contributed by atoms with van der Waals surface area (Å²) in [6, 6.07) is -0.0403. The highest BCUT2D eigenvalue weighted by Crippen LogP contribution is 2.28. The molecule has 0 aliphatic carbocycles. The van der Waals surface area contributed by atoms with Gasteiger partial charge in [-0.3, -0.25) is 4.90 Å². The molecule has 0 bridgehead atoms. The van der Waals surface area contributed by atoms with Gasteiger partial charge < -0.3 is 13.8 Å². The third-order valence-electron chi connectivity index (χ3n) is 4.75. The summed E-state index contributed by atoms with van der Waals surface area (Å²) in [6.45, 7) is 15.2. The molecule has 0 aromatic carbocycles. The second-order valence-electron chi connectivity index (χ2n) is 7.75. The third-order valence-corrected chi connectivity index (χ3v) is 4.75. The van der Waals surface area contributed by atoms with E-state index in [-0.39, 0.29) is 17.4 Å². The van der Waals surface area contributed by atoms with Gasteiger partial charge in [0.1, 0.15) is 11.9 Å². The zero-order valence-electron chi connectivity index (χ0n) is 15.9. The molecule has 0 saturated carbocycles. The first kappa shape index (κ1) is 18.1. The van der Waals surface area contributed by atoms with E-state index in [1.807, 2.05) is 12.4 Å². The van der Waals surface area contributed by atoms with Gasteiger partial charge >= 0.3 is 0 Å². The van der Waals surface area contributed by atoms with Crippen molar-refractivity contribution < 1.29 is 9.26 Å². The summed E-state index contributed by atoms with van der Waals surface area (Å²) in [5.74, 6) is 2.67. The summed E-state index contributed by atoms with van der Waals surface area (Å²) < 4.78 is 13.1. The van der Waals surface area contributed by atoms with Crippen molar-refractivity contribution in [2.75, 3.05) is 32.8 Å². The van der Waals surface area contributed by atoms with E-state index in [9.17, 15) is 0 Å². The van der Waals surface area contributed by atoms with E-state index in [2.05, 4.69) is 59.2 Å². The van der Waals surface area contributed by atoms with E-state index in [4.69, 9.17) is 9.26 Å². The van der Waals surface area contributed by atoms with Crippen LogP contribution in [0, 0.1) is 0 Å². The van der Waals surface area contributed by atoms with Crippen LogP contribution in [0.3, 0.4) is 0 Å². The number of hydrogen-bond donors (Lipinski definition) is 0. The molecule has 1 saturated heterocycles. The molecule has 1 aliphatic rings. The molecule has 138 valence electrons. The highest BCUT2D eigenvalue weighted by atomic mass is 16.5. The number of ether oxygens (including phenoxy) is 1. The van der Waals surface area contributed by atoms with Gasteiger partial charge in [-0.25, -0.2) is 4.98 Å². The normalized spacial score (nSPS) is 18.0. The lowest BCUT2D eigenvalue weighted by Crippen LogP contribution is -2.44. The Morgan fingerprint density at radius 3 is 2.56 bits per heavy atom. The van der Waals surface area contributed by atoms with Crippen molar-refractivity contribution in [3.05, 3.63) is 29.9 Å². The summed E-state index contributed by atoms with van der Waals surface area (Å²) in [6.07, 6.45) is 3.85. The fourth-order valence-corrected chi connectivity index (χ4v) is 3.31. The summed E-state index contributed by atoms with van der Waals surface area (Å²) >= 11 is 0. The molecule has 25 heavy (non-hydrogen) atoms. The highest BCUT2D eigenvalue weighted by Gasteiger charge is 2.31. The zero-order chi connectivity index (χ0) is 18.0. The first-order valence-electron chi connectivity index (χ1n) is 9.05. The van der Waals surface area contributed by atoms with Gasteiger partial charge in [-0.05, 0) is 6.92 Å². The van der Waals surface area contributed by atoms with E-state index < -0.39 is 0 Å². The van der Waals surface area contributed by atoms with Crippen LogP contribution < -0.4 is 0 Å². The van der Waals surface area contributed by atoms with E-state index in [1.165, 1.54) is 0 Å². The quantitative estimate of drug-likeness (QED) is 0.800. The maximum absolute atomic E-state index is 5.49. The standard InChI is InChI=1S/C18H29N5O2/c1-13(2)15-20-16(25-21-15)14(3)23-7-6-19-17(23)18(4,5)12-22-8-10-24-11-9-22/h6-7,13-14H,8-12H2,1-5H3. The van der Waals surface area contributed by atoms with Crippen LogP contribution >= 0.6 is 0 Å². The number of imidazole rings is 1. The third kappa shape index (κ3) is 3.93. The number of aromatic nitrogens is 4. The van der Waals surface area contributed by atoms with Crippen molar-refractivity contribution in [1.29, 1.82) is 0 Å². The molecule has 2 aromatic heterocycles. The molecular formula is C18H29N5O2. The maximum Gasteiger partial charge on any atom is 0.249 e.